The highest BCUT2D eigenvalue weighted by Gasteiger charge is 2.02. The van der Waals surface area contributed by atoms with Gasteiger partial charge in [-0.3, -0.25) is 0 Å². The van der Waals surface area contributed by atoms with Crippen LogP contribution < -0.4 is 5.11 Å². The number of aromatic carboxylic acids is 1. The van der Waals surface area contributed by atoms with Crippen LogP contribution in [0.15, 0.2) is 27.1 Å². The number of halogens is 2. The standard InChI is InChI=1S/C7H4Br2O2/c8-5-3-1-2-4(6(5)9)7(10)11/h1-3H,(H,10,11)/p-1. The minimum absolute atomic E-state index is 0.152. The number of hydrogen-bond acceptors (Lipinski definition) is 2. The fourth-order valence-electron chi connectivity index (χ4n) is 0.661. The molecule has 0 aliphatic rings. The van der Waals surface area contributed by atoms with Gasteiger partial charge in [-0.1, -0.05) is 12.1 Å². The first-order valence-electron chi connectivity index (χ1n) is 2.78. The second kappa shape index (κ2) is 3.36. The molecule has 0 spiro atoms. The van der Waals surface area contributed by atoms with Gasteiger partial charge in [-0.15, -0.1) is 0 Å². The molecule has 0 amide bonds. The van der Waals surface area contributed by atoms with Crippen LogP contribution >= 0.6 is 31.9 Å². The number of carboxylic acids is 1. The average Bonchev–Trinajstić information content (AvgIpc) is 1.94. The molecule has 0 aliphatic heterocycles. The number of benzene rings is 1. The van der Waals surface area contributed by atoms with Crippen molar-refractivity contribution >= 4 is 37.8 Å². The van der Waals surface area contributed by atoms with Crippen LogP contribution in [0.3, 0.4) is 0 Å². The maximum absolute atomic E-state index is 10.4. The predicted octanol–water partition coefficient (Wildman–Crippen LogP) is 1.58. The van der Waals surface area contributed by atoms with Crippen molar-refractivity contribution in [1.82, 2.24) is 0 Å². The van der Waals surface area contributed by atoms with Gasteiger partial charge in [-0.05, 0) is 37.9 Å². The molecule has 0 aliphatic carbocycles. The highest BCUT2D eigenvalue weighted by molar-refractivity contribution is 9.13. The Morgan fingerprint density at radius 3 is 2.45 bits per heavy atom. The van der Waals surface area contributed by atoms with E-state index in [0.29, 0.717) is 8.95 Å². The van der Waals surface area contributed by atoms with Crippen molar-refractivity contribution in [3.8, 4) is 0 Å². The summed E-state index contributed by atoms with van der Waals surface area (Å²) < 4.78 is 1.22. The van der Waals surface area contributed by atoms with Crippen molar-refractivity contribution in [2.24, 2.45) is 0 Å². The van der Waals surface area contributed by atoms with E-state index in [0.717, 1.165) is 0 Å². The van der Waals surface area contributed by atoms with Gasteiger partial charge in [0, 0.05) is 14.5 Å². The molecule has 2 nitrogen and oxygen atoms in total. The summed E-state index contributed by atoms with van der Waals surface area (Å²) >= 11 is 6.29. The molecule has 0 fully saturated rings. The zero-order valence-electron chi connectivity index (χ0n) is 5.30. The minimum Gasteiger partial charge on any atom is -0.545 e. The van der Waals surface area contributed by atoms with E-state index in [1.54, 1.807) is 12.1 Å². The van der Waals surface area contributed by atoms with Crippen molar-refractivity contribution in [2.75, 3.05) is 0 Å². The first-order valence-corrected chi connectivity index (χ1v) is 4.37. The first-order chi connectivity index (χ1) is 5.13. The van der Waals surface area contributed by atoms with Gasteiger partial charge in [0.25, 0.3) is 0 Å². The van der Waals surface area contributed by atoms with E-state index >= 15 is 0 Å². The number of carbonyl (C=O) groups is 1. The molecular weight excluding hydrogens is 276 g/mol. The molecule has 1 rings (SSSR count). The topological polar surface area (TPSA) is 40.1 Å². The summed E-state index contributed by atoms with van der Waals surface area (Å²) in [5, 5.41) is 10.4. The van der Waals surface area contributed by atoms with Crippen LogP contribution in [0.5, 0.6) is 0 Å². The molecule has 0 atom stereocenters. The SMILES string of the molecule is O=C([O-])c1cccc(Br)c1Br. The van der Waals surface area contributed by atoms with Crippen molar-refractivity contribution in [1.29, 1.82) is 0 Å². The summed E-state index contributed by atoms with van der Waals surface area (Å²) in [6.45, 7) is 0. The normalized spacial score (nSPS) is 9.64. The molecule has 11 heavy (non-hydrogen) atoms. The Hall–Kier alpha value is -0.350. The van der Waals surface area contributed by atoms with E-state index in [9.17, 15) is 9.90 Å². The zero-order valence-corrected chi connectivity index (χ0v) is 8.48. The fourth-order valence-corrected chi connectivity index (χ4v) is 1.45. The second-order valence-corrected chi connectivity index (χ2v) is 3.54. The summed E-state index contributed by atoms with van der Waals surface area (Å²) in [4.78, 5) is 10.4. The van der Waals surface area contributed by atoms with Crippen LogP contribution in [0, 0.1) is 0 Å². The van der Waals surface area contributed by atoms with Gasteiger partial charge in [0.05, 0.1) is 5.97 Å². The third kappa shape index (κ3) is 1.81. The lowest BCUT2D eigenvalue weighted by atomic mass is 10.2. The number of carboxylic acid groups (broad SMARTS) is 1. The Balaban J connectivity index is 3.27. The van der Waals surface area contributed by atoms with Crippen LogP contribution in [-0.4, -0.2) is 5.97 Å². The van der Waals surface area contributed by atoms with Crippen LogP contribution in [0.1, 0.15) is 10.4 Å². The van der Waals surface area contributed by atoms with E-state index in [2.05, 4.69) is 31.9 Å². The van der Waals surface area contributed by atoms with Gasteiger partial charge in [-0.25, -0.2) is 0 Å². The molecule has 0 aromatic heterocycles. The maximum atomic E-state index is 10.4. The number of carbonyl (C=O) groups excluding carboxylic acids is 1. The third-order valence-electron chi connectivity index (χ3n) is 1.17. The lowest BCUT2D eigenvalue weighted by molar-refractivity contribution is -0.255. The van der Waals surface area contributed by atoms with E-state index in [1.807, 2.05) is 0 Å². The minimum atomic E-state index is -1.18. The molecule has 0 N–H and O–H groups in total. The smallest absolute Gasteiger partial charge is 0.0727 e. The molecular formula is C7H3Br2O2-. The van der Waals surface area contributed by atoms with E-state index in [-0.39, 0.29) is 5.56 Å². The zero-order chi connectivity index (χ0) is 8.43. The number of rotatable bonds is 1. The largest absolute Gasteiger partial charge is 0.545 e. The first kappa shape index (κ1) is 8.74. The monoisotopic (exact) mass is 277 g/mol. The Labute approximate surface area is 80.5 Å². The maximum Gasteiger partial charge on any atom is 0.0727 e. The molecule has 1 aromatic carbocycles. The highest BCUT2D eigenvalue weighted by Crippen LogP contribution is 2.25. The molecule has 4 heteroatoms. The fraction of sp³-hybridized carbons (Fsp3) is 0. The highest BCUT2D eigenvalue weighted by atomic mass is 79.9. The van der Waals surface area contributed by atoms with Crippen molar-refractivity contribution < 1.29 is 9.90 Å². The van der Waals surface area contributed by atoms with Crippen LogP contribution in [-0.2, 0) is 0 Å². The molecule has 0 bridgehead atoms. The summed E-state index contributed by atoms with van der Waals surface area (Å²) in [5.41, 5.74) is 0.152. The summed E-state index contributed by atoms with van der Waals surface area (Å²) in [7, 11) is 0. The molecule has 0 radical (unpaired) electrons. The lowest BCUT2D eigenvalue weighted by Gasteiger charge is -2.05. The number of hydrogen-bond donors (Lipinski definition) is 0. The van der Waals surface area contributed by atoms with Gasteiger partial charge < -0.3 is 9.90 Å². The van der Waals surface area contributed by atoms with Gasteiger partial charge in [0.1, 0.15) is 0 Å². The Kier molecular flexibility index (Phi) is 2.67. The van der Waals surface area contributed by atoms with Crippen LogP contribution in [0.4, 0.5) is 0 Å². The second-order valence-electron chi connectivity index (χ2n) is 1.89. The molecule has 58 valence electrons. The molecule has 0 saturated carbocycles. The van der Waals surface area contributed by atoms with Gasteiger partial charge in [0.15, 0.2) is 0 Å². The van der Waals surface area contributed by atoms with Crippen LogP contribution in [0.25, 0.3) is 0 Å². The van der Waals surface area contributed by atoms with E-state index < -0.39 is 5.97 Å². The molecule has 0 heterocycles. The van der Waals surface area contributed by atoms with Crippen LogP contribution in [0.2, 0.25) is 0 Å². The molecule has 0 saturated heterocycles. The molecule has 1 aromatic rings. The Morgan fingerprint density at radius 2 is 2.00 bits per heavy atom. The predicted molar refractivity (Wildman–Crippen MR) is 46.2 cm³/mol. The van der Waals surface area contributed by atoms with E-state index in [1.165, 1.54) is 6.07 Å². The van der Waals surface area contributed by atoms with Gasteiger partial charge >= 0.3 is 0 Å². The summed E-state index contributed by atoms with van der Waals surface area (Å²) in [6, 6.07) is 4.86. The summed E-state index contributed by atoms with van der Waals surface area (Å²) in [5.74, 6) is -1.18. The Bertz CT molecular complexity index is 296. The Morgan fingerprint density at radius 1 is 1.36 bits per heavy atom. The van der Waals surface area contributed by atoms with Gasteiger partial charge in [0.2, 0.25) is 0 Å². The van der Waals surface area contributed by atoms with Crippen molar-refractivity contribution in [3.05, 3.63) is 32.7 Å². The van der Waals surface area contributed by atoms with E-state index in [4.69, 9.17) is 0 Å². The van der Waals surface area contributed by atoms with Gasteiger partial charge in [-0.2, -0.15) is 0 Å². The van der Waals surface area contributed by atoms with Crippen molar-refractivity contribution in [2.45, 2.75) is 0 Å². The third-order valence-corrected chi connectivity index (χ3v) is 3.22. The van der Waals surface area contributed by atoms with Crippen molar-refractivity contribution in [3.63, 3.8) is 0 Å². The molecule has 0 unspecified atom stereocenters. The summed E-state index contributed by atoms with van der Waals surface area (Å²) in [6.07, 6.45) is 0. The average molecular weight is 279 g/mol. The quantitative estimate of drug-likeness (QED) is 0.782. The lowest BCUT2D eigenvalue weighted by Crippen LogP contribution is -2.22.